The first-order chi connectivity index (χ1) is 7.75. The van der Waals surface area contributed by atoms with Gasteiger partial charge in [0.25, 0.3) is 0 Å². The molecule has 1 aromatic heterocycles. The number of nitrogens with one attached hydrogen (secondary N) is 1. The lowest BCUT2D eigenvalue weighted by atomic mass is 10.2. The van der Waals surface area contributed by atoms with Crippen LogP contribution >= 0.6 is 27.3 Å². The van der Waals surface area contributed by atoms with E-state index in [1.54, 1.807) is 17.4 Å². The summed E-state index contributed by atoms with van der Waals surface area (Å²) in [4.78, 5) is 0. The predicted octanol–water partition coefficient (Wildman–Crippen LogP) is 4.30. The Balaban J connectivity index is 1.90. The smallest absolute Gasteiger partial charge is 0.147 e. The van der Waals surface area contributed by atoms with Crippen molar-refractivity contribution >= 4 is 33.0 Å². The van der Waals surface area contributed by atoms with Gasteiger partial charge in [-0.15, -0.1) is 0 Å². The first-order valence-electron chi connectivity index (χ1n) is 4.96. The molecule has 2 aromatic rings. The fraction of sp³-hybridized carbons (Fsp3) is 0.167. The molecule has 84 valence electrons. The van der Waals surface area contributed by atoms with Crippen molar-refractivity contribution in [1.29, 1.82) is 0 Å². The molecule has 1 heterocycles. The van der Waals surface area contributed by atoms with Crippen molar-refractivity contribution in [3.63, 3.8) is 0 Å². The van der Waals surface area contributed by atoms with Crippen LogP contribution in [0.1, 0.15) is 5.56 Å². The summed E-state index contributed by atoms with van der Waals surface area (Å²) in [6.07, 6.45) is 0.916. The van der Waals surface area contributed by atoms with Gasteiger partial charge in [-0.3, -0.25) is 0 Å². The van der Waals surface area contributed by atoms with Crippen LogP contribution in [0.5, 0.6) is 0 Å². The third-order valence-corrected chi connectivity index (χ3v) is 3.47. The van der Waals surface area contributed by atoms with Crippen LogP contribution in [0.2, 0.25) is 0 Å². The molecule has 0 fully saturated rings. The van der Waals surface area contributed by atoms with Gasteiger partial charge in [0.15, 0.2) is 0 Å². The molecule has 1 nitrogen and oxygen atoms in total. The molecule has 1 aromatic carbocycles. The Bertz CT molecular complexity index is 456. The highest BCUT2D eigenvalue weighted by atomic mass is 79.9. The van der Waals surface area contributed by atoms with E-state index in [2.05, 4.69) is 38.1 Å². The summed E-state index contributed by atoms with van der Waals surface area (Å²) >= 11 is 4.91. The lowest BCUT2D eigenvalue weighted by molar-refractivity contribution is 0.629. The quantitative estimate of drug-likeness (QED) is 0.887. The minimum atomic E-state index is -0.223. The zero-order valence-electron chi connectivity index (χ0n) is 8.54. The second kappa shape index (κ2) is 5.46. The first kappa shape index (κ1) is 11.6. The van der Waals surface area contributed by atoms with Gasteiger partial charge >= 0.3 is 0 Å². The zero-order valence-corrected chi connectivity index (χ0v) is 10.9. The van der Waals surface area contributed by atoms with E-state index in [0.29, 0.717) is 5.69 Å². The fourth-order valence-corrected chi connectivity index (χ4v) is 2.45. The topological polar surface area (TPSA) is 12.0 Å². The molecule has 0 aliphatic carbocycles. The van der Waals surface area contributed by atoms with Gasteiger partial charge in [0.2, 0.25) is 0 Å². The van der Waals surface area contributed by atoms with Crippen LogP contribution in [-0.2, 0) is 6.42 Å². The lowest BCUT2D eigenvalue weighted by Gasteiger charge is -2.06. The Hall–Kier alpha value is -0.870. The second-order valence-electron chi connectivity index (χ2n) is 3.43. The van der Waals surface area contributed by atoms with Crippen molar-refractivity contribution in [2.75, 3.05) is 11.9 Å². The molecule has 0 spiro atoms. The van der Waals surface area contributed by atoms with Crippen LogP contribution in [0.3, 0.4) is 0 Å². The molecule has 0 aliphatic heterocycles. The normalized spacial score (nSPS) is 10.4. The average Bonchev–Trinajstić information content (AvgIpc) is 2.74. The van der Waals surface area contributed by atoms with Crippen molar-refractivity contribution in [2.45, 2.75) is 6.42 Å². The number of anilines is 1. The summed E-state index contributed by atoms with van der Waals surface area (Å²) in [6, 6.07) is 7.13. The van der Waals surface area contributed by atoms with Crippen molar-refractivity contribution < 1.29 is 4.39 Å². The maximum atomic E-state index is 13.4. The standard InChI is InChI=1S/C12H11BrFNS/c13-10-1-2-12(11(14)7-10)15-5-3-9-4-6-16-8-9/h1-2,4,6-8,15H,3,5H2. The third-order valence-electron chi connectivity index (χ3n) is 2.24. The van der Waals surface area contributed by atoms with Crippen molar-refractivity contribution in [3.8, 4) is 0 Å². The van der Waals surface area contributed by atoms with Crippen LogP contribution in [0.25, 0.3) is 0 Å². The zero-order chi connectivity index (χ0) is 11.4. The van der Waals surface area contributed by atoms with Crippen LogP contribution in [-0.4, -0.2) is 6.54 Å². The molecule has 0 bridgehead atoms. The van der Waals surface area contributed by atoms with Crippen molar-refractivity contribution in [3.05, 3.63) is 50.9 Å². The molecular formula is C12H11BrFNS. The Morgan fingerprint density at radius 2 is 2.19 bits per heavy atom. The monoisotopic (exact) mass is 299 g/mol. The number of thiophene rings is 1. The number of hydrogen-bond acceptors (Lipinski definition) is 2. The fourth-order valence-electron chi connectivity index (χ4n) is 1.41. The second-order valence-corrected chi connectivity index (χ2v) is 5.13. The van der Waals surface area contributed by atoms with Crippen LogP contribution in [0, 0.1) is 5.82 Å². The van der Waals surface area contributed by atoms with Gasteiger partial charge in [0.1, 0.15) is 5.82 Å². The highest BCUT2D eigenvalue weighted by Gasteiger charge is 2.01. The predicted molar refractivity (Wildman–Crippen MR) is 70.6 cm³/mol. The number of benzene rings is 1. The first-order valence-corrected chi connectivity index (χ1v) is 6.69. The average molecular weight is 300 g/mol. The molecule has 16 heavy (non-hydrogen) atoms. The lowest BCUT2D eigenvalue weighted by Crippen LogP contribution is -2.05. The van der Waals surface area contributed by atoms with E-state index in [0.717, 1.165) is 17.4 Å². The maximum absolute atomic E-state index is 13.4. The van der Waals surface area contributed by atoms with Crippen LogP contribution < -0.4 is 5.32 Å². The number of rotatable bonds is 4. The highest BCUT2D eigenvalue weighted by Crippen LogP contribution is 2.19. The van der Waals surface area contributed by atoms with E-state index in [9.17, 15) is 4.39 Å². The van der Waals surface area contributed by atoms with E-state index in [4.69, 9.17) is 0 Å². The molecule has 0 saturated heterocycles. The van der Waals surface area contributed by atoms with Gasteiger partial charge in [-0.25, -0.2) is 4.39 Å². The largest absolute Gasteiger partial charge is 0.382 e. The molecule has 1 N–H and O–H groups in total. The molecule has 0 radical (unpaired) electrons. The minimum absolute atomic E-state index is 0.223. The van der Waals surface area contributed by atoms with Gasteiger partial charge < -0.3 is 5.32 Å². The van der Waals surface area contributed by atoms with Crippen molar-refractivity contribution in [2.24, 2.45) is 0 Å². The SMILES string of the molecule is Fc1cc(Br)ccc1NCCc1ccsc1. The molecular weight excluding hydrogens is 289 g/mol. The van der Waals surface area contributed by atoms with Gasteiger partial charge in [0.05, 0.1) is 5.69 Å². The Kier molecular flexibility index (Phi) is 3.96. The Morgan fingerprint density at radius 1 is 1.31 bits per heavy atom. The highest BCUT2D eigenvalue weighted by molar-refractivity contribution is 9.10. The van der Waals surface area contributed by atoms with E-state index >= 15 is 0 Å². The van der Waals surface area contributed by atoms with E-state index in [1.807, 2.05) is 6.07 Å². The summed E-state index contributed by atoms with van der Waals surface area (Å²) in [6.45, 7) is 0.745. The van der Waals surface area contributed by atoms with E-state index in [-0.39, 0.29) is 5.82 Å². The van der Waals surface area contributed by atoms with Crippen LogP contribution in [0.4, 0.5) is 10.1 Å². The third kappa shape index (κ3) is 3.06. The van der Waals surface area contributed by atoms with Crippen molar-refractivity contribution in [1.82, 2.24) is 0 Å². The van der Waals surface area contributed by atoms with Gasteiger partial charge in [-0.1, -0.05) is 15.9 Å². The maximum Gasteiger partial charge on any atom is 0.147 e. The molecule has 4 heteroatoms. The molecule has 0 atom stereocenters. The molecule has 2 rings (SSSR count). The summed E-state index contributed by atoms with van der Waals surface area (Å²) in [5, 5.41) is 7.25. The van der Waals surface area contributed by atoms with Gasteiger partial charge in [0, 0.05) is 11.0 Å². The molecule has 0 saturated carbocycles. The Morgan fingerprint density at radius 3 is 2.88 bits per heavy atom. The van der Waals surface area contributed by atoms with E-state index in [1.165, 1.54) is 11.6 Å². The van der Waals surface area contributed by atoms with Crippen LogP contribution in [0.15, 0.2) is 39.5 Å². The molecule has 0 aliphatic rings. The summed E-state index contributed by atoms with van der Waals surface area (Å²) in [5.41, 5.74) is 1.84. The summed E-state index contributed by atoms with van der Waals surface area (Å²) < 4.78 is 14.2. The molecule has 0 unspecified atom stereocenters. The summed E-state index contributed by atoms with van der Waals surface area (Å²) in [5.74, 6) is -0.223. The van der Waals surface area contributed by atoms with Gasteiger partial charge in [-0.05, 0) is 47.0 Å². The molecule has 0 amide bonds. The van der Waals surface area contributed by atoms with Gasteiger partial charge in [-0.2, -0.15) is 11.3 Å². The summed E-state index contributed by atoms with van der Waals surface area (Å²) in [7, 11) is 0. The minimum Gasteiger partial charge on any atom is -0.382 e. The Labute approximate surface area is 106 Å². The number of hydrogen-bond donors (Lipinski definition) is 1. The number of halogens is 2. The van der Waals surface area contributed by atoms with E-state index < -0.39 is 0 Å².